The van der Waals surface area contributed by atoms with E-state index in [4.69, 9.17) is 11.6 Å². The Bertz CT molecular complexity index is 738. The first-order valence-corrected chi connectivity index (χ1v) is 9.57. The van der Waals surface area contributed by atoms with Crippen molar-refractivity contribution in [2.75, 3.05) is 0 Å². The fourth-order valence-corrected chi connectivity index (χ4v) is 5.02. The van der Waals surface area contributed by atoms with Crippen molar-refractivity contribution in [1.82, 2.24) is 5.32 Å². The van der Waals surface area contributed by atoms with Crippen LogP contribution in [0.2, 0.25) is 5.02 Å². The molecule has 2 unspecified atom stereocenters. The molecule has 1 aromatic rings. The Morgan fingerprint density at radius 1 is 1.35 bits per heavy atom. The predicted octanol–water partition coefficient (Wildman–Crippen LogP) is 2.81. The molecule has 7 heteroatoms. The van der Waals surface area contributed by atoms with E-state index in [1.807, 2.05) is 0 Å². The van der Waals surface area contributed by atoms with Crippen molar-refractivity contribution in [1.29, 1.82) is 0 Å². The van der Waals surface area contributed by atoms with Gasteiger partial charge in [0.25, 0.3) is 0 Å². The van der Waals surface area contributed by atoms with Crippen molar-refractivity contribution >= 4 is 27.3 Å². The minimum atomic E-state index is -3.49. The summed E-state index contributed by atoms with van der Waals surface area (Å²) in [5.41, 5.74) is 0.391. The quantitative estimate of drug-likeness (QED) is 0.879. The number of sulfone groups is 1. The van der Waals surface area contributed by atoms with Gasteiger partial charge in [-0.05, 0) is 45.2 Å². The first-order valence-electron chi connectivity index (χ1n) is 7.64. The number of carbonyl (C=O) groups excluding carboxylic acids is 1. The summed E-state index contributed by atoms with van der Waals surface area (Å²) in [6.07, 6.45) is 1.80. The Morgan fingerprint density at radius 3 is 2.57 bits per heavy atom. The van der Waals surface area contributed by atoms with Crippen LogP contribution in [-0.4, -0.2) is 30.4 Å². The van der Waals surface area contributed by atoms with Gasteiger partial charge in [-0.2, -0.15) is 0 Å². The van der Waals surface area contributed by atoms with Crippen LogP contribution in [0, 0.1) is 5.82 Å². The van der Waals surface area contributed by atoms with Gasteiger partial charge in [-0.3, -0.25) is 4.79 Å². The van der Waals surface area contributed by atoms with Crippen molar-refractivity contribution < 1.29 is 17.6 Å². The summed E-state index contributed by atoms with van der Waals surface area (Å²) in [6, 6.07) is 4.20. The van der Waals surface area contributed by atoms with Crippen LogP contribution in [0.1, 0.15) is 44.6 Å². The average Bonchev–Trinajstić information content (AvgIpc) is 3.32. The molecule has 1 amide bonds. The lowest BCUT2D eigenvalue weighted by Gasteiger charge is -2.24. The van der Waals surface area contributed by atoms with Crippen molar-refractivity contribution in [2.24, 2.45) is 0 Å². The van der Waals surface area contributed by atoms with Gasteiger partial charge in [0.1, 0.15) is 10.6 Å². The van der Waals surface area contributed by atoms with Crippen LogP contribution in [0.3, 0.4) is 0 Å². The minimum absolute atomic E-state index is 0.202. The summed E-state index contributed by atoms with van der Waals surface area (Å²) in [7, 11) is -3.49. The van der Waals surface area contributed by atoms with E-state index in [0.717, 1.165) is 0 Å². The molecule has 23 heavy (non-hydrogen) atoms. The fraction of sp³-hybridized carbons (Fsp3) is 0.562. The lowest BCUT2D eigenvalue weighted by molar-refractivity contribution is -0.123. The summed E-state index contributed by atoms with van der Waals surface area (Å²) in [4.78, 5) is 12.4. The molecule has 1 N–H and O–H groups in total. The zero-order valence-corrected chi connectivity index (χ0v) is 14.5. The van der Waals surface area contributed by atoms with Crippen LogP contribution < -0.4 is 5.32 Å². The highest BCUT2D eigenvalue weighted by atomic mass is 35.5. The summed E-state index contributed by atoms with van der Waals surface area (Å²) < 4.78 is 37.2. The van der Waals surface area contributed by atoms with Crippen LogP contribution in [0.5, 0.6) is 0 Å². The Labute approximate surface area is 140 Å². The van der Waals surface area contributed by atoms with Gasteiger partial charge in [-0.25, -0.2) is 12.8 Å². The van der Waals surface area contributed by atoms with Crippen LogP contribution in [0.25, 0.3) is 0 Å². The SMILES string of the molecule is CC(C)(C(=O)NC1CC1c1c(F)cccc1Cl)S(=O)(=O)C1CC1. The predicted molar refractivity (Wildman–Crippen MR) is 86.7 cm³/mol. The molecule has 0 spiro atoms. The molecule has 126 valence electrons. The molecule has 0 radical (unpaired) electrons. The van der Waals surface area contributed by atoms with E-state index in [1.54, 1.807) is 6.07 Å². The second kappa shape index (κ2) is 5.45. The number of hydrogen-bond acceptors (Lipinski definition) is 3. The van der Waals surface area contributed by atoms with Crippen LogP contribution in [0.4, 0.5) is 4.39 Å². The summed E-state index contributed by atoms with van der Waals surface area (Å²) in [5, 5.41) is 2.67. The van der Waals surface area contributed by atoms with E-state index < -0.39 is 31.6 Å². The number of benzene rings is 1. The third-order valence-electron chi connectivity index (χ3n) is 4.70. The highest BCUT2D eigenvalue weighted by molar-refractivity contribution is 7.94. The fourth-order valence-electron chi connectivity index (χ4n) is 2.80. The Balaban J connectivity index is 1.71. The number of carbonyl (C=O) groups is 1. The molecule has 1 aromatic carbocycles. The van der Waals surface area contributed by atoms with E-state index in [2.05, 4.69) is 5.32 Å². The van der Waals surface area contributed by atoms with E-state index >= 15 is 0 Å². The van der Waals surface area contributed by atoms with Gasteiger partial charge in [-0.1, -0.05) is 17.7 Å². The molecular formula is C16H19ClFNO3S. The monoisotopic (exact) mass is 359 g/mol. The van der Waals surface area contributed by atoms with Gasteiger partial charge in [0, 0.05) is 22.5 Å². The molecule has 0 saturated heterocycles. The van der Waals surface area contributed by atoms with Crippen molar-refractivity contribution in [3.63, 3.8) is 0 Å². The van der Waals surface area contributed by atoms with Crippen molar-refractivity contribution in [3.8, 4) is 0 Å². The molecule has 3 rings (SSSR count). The summed E-state index contributed by atoms with van der Waals surface area (Å²) in [5.74, 6) is -1.12. The number of nitrogens with one attached hydrogen (secondary N) is 1. The molecule has 2 atom stereocenters. The number of amides is 1. The third-order valence-corrected chi connectivity index (χ3v) is 7.99. The van der Waals surface area contributed by atoms with E-state index in [9.17, 15) is 17.6 Å². The van der Waals surface area contributed by atoms with Gasteiger partial charge in [0.15, 0.2) is 9.84 Å². The second-order valence-electron chi connectivity index (χ2n) is 6.81. The second-order valence-corrected chi connectivity index (χ2v) is 10.00. The number of hydrogen-bond donors (Lipinski definition) is 1. The lowest BCUT2D eigenvalue weighted by atomic mass is 10.1. The molecule has 2 aliphatic rings. The maximum Gasteiger partial charge on any atom is 0.241 e. The van der Waals surface area contributed by atoms with Crippen LogP contribution >= 0.6 is 11.6 Å². The molecule has 4 nitrogen and oxygen atoms in total. The van der Waals surface area contributed by atoms with Gasteiger partial charge in [0.2, 0.25) is 5.91 Å². The molecule has 0 aromatic heterocycles. The third kappa shape index (κ3) is 2.87. The maximum absolute atomic E-state index is 13.9. The molecule has 2 aliphatic carbocycles. The molecule has 0 heterocycles. The van der Waals surface area contributed by atoms with E-state index in [1.165, 1.54) is 26.0 Å². The van der Waals surface area contributed by atoms with Gasteiger partial charge >= 0.3 is 0 Å². The average molecular weight is 360 g/mol. The van der Waals surface area contributed by atoms with Crippen LogP contribution in [-0.2, 0) is 14.6 Å². The smallest absolute Gasteiger partial charge is 0.241 e. The molecule has 2 saturated carbocycles. The standard InChI is InChI=1S/C16H19ClFNO3S/c1-16(2,23(21,22)9-6-7-9)15(20)19-13-8-10(13)14-11(17)4-3-5-12(14)18/h3-5,9-10,13H,6-8H2,1-2H3,(H,19,20). The van der Waals surface area contributed by atoms with Gasteiger partial charge in [-0.15, -0.1) is 0 Å². The topological polar surface area (TPSA) is 63.2 Å². The van der Waals surface area contributed by atoms with E-state index in [-0.39, 0.29) is 12.0 Å². The largest absolute Gasteiger partial charge is 0.351 e. The Hall–Kier alpha value is -1.14. The molecule has 0 bridgehead atoms. The van der Waals surface area contributed by atoms with E-state index in [0.29, 0.717) is 29.8 Å². The summed E-state index contributed by atoms with van der Waals surface area (Å²) >= 11 is 6.03. The van der Waals surface area contributed by atoms with Crippen molar-refractivity contribution in [2.45, 2.75) is 55.1 Å². The lowest BCUT2D eigenvalue weighted by Crippen LogP contribution is -2.50. The highest BCUT2D eigenvalue weighted by Crippen LogP contribution is 2.45. The first-order chi connectivity index (χ1) is 10.7. The molecule has 0 aliphatic heterocycles. The van der Waals surface area contributed by atoms with Gasteiger partial charge in [0.05, 0.1) is 5.25 Å². The summed E-state index contributed by atoms with van der Waals surface area (Å²) in [6.45, 7) is 2.87. The number of halogens is 2. The number of rotatable bonds is 5. The highest BCUT2D eigenvalue weighted by Gasteiger charge is 2.52. The molecular weight excluding hydrogens is 341 g/mol. The van der Waals surface area contributed by atoms with Crippen molar-refractivity contribution in [3.05, 3.63) is 34.6 Å². The zero-order chi connectivity index (χ0) is 17.0. The maximum atomic E-state index is 13.9. The minimum Gasteiger partial charge on any atom is -0.351 e. The normalized spacial score (nSPS) is 24.3. The molecule has 2 fully saturated rings. The Kier molecular flexibility index (Phi) is 3.96. The van der Waals surface area contributed by atoms with Gasteiger partial charge < -0.3 is 5.32 Å². The van der Waals surface area contributed by atoms with Crippen LogP contribution in [0.15, 0.2) is 18.2 Å². The first kappa shape index (κ1) is 16.7. The zero-order valence-electron chi connectivity index (χ0n) is 13.0. The Morgan fingerprint density at radius 2 is 2.00 bits per heavy atom.